The van der Waals surface area contributed by atoms with Crippen molar-refractivity contribution < 1.29 is 9.53 Å². The molecule has 3 nitrogen and oxygen atoms in total. The number of ether oxygens (including phenoxy) is 1. The molecule has 1 atom stereocenters. The van der Waals surface area contributed by atoms with Crippen LogP contribution in [0.3, 0.4) is 0 Å². The van der Waals surface area contributed by atoms with Crippen LogP contribution >= 0.6 is 0 Å². The number of hydrogen-bond donors (Lipinski definition) is 0. The van der Waals surface area contributed by atoms with Crippen molar-refractivity contribution in [1.82, 2.24) is 0 Å². The summed E-state index contributed by atoms with van der Waals surface area (Å²) in [6.07, 6.45) is 0.718. The Balaban J connectivity index is 2.29. The minimum absolute atomic E-state index is 0.183. The van der Waals surface area contributed by atoms with E-state index in [1.54, 1.807) is 6.92 Å². The molecule has 0 saturated heterocycles. The molecule has 0 heterocycles. The maximum absolute atomic E-state index is 11.9. The highest BCUT2D eigenvalue weighted by Crippen LogP contribution is 2.23. The second-order valence-electron chi connectivity index (χ2n) is 4.65. The first-order valence-corrected chi connectivity index (χ1v) is 6.76. The molecular formula is C17H17NO2. The lowest BCUT2D eigenvalue weighted by molar-refractivity contribution is -0.147. The van der Waals surface area contributed by atoms with Gasteiger partial charge in [-0.15, -0.1) is 0 Å². The van der Waals surface area contributed by atoms with Gasteiger partial charge in [-0.1, -0.05) is 42.5 Å². The standard InChI is InChI=1S/C17H17NO2/c1-2-20-17(19)15(10-11-18)12-14-8-5-7-13-6-3-4-9-16(13)14/h3-9,15H,2,10,12H2,1H3/t15-/m1/s1. The van der Waals surface area contributed by atoms with E-state index >= 15 is 0 Å². The van der Waals surface area contributed by atoms with Crippen molar-refractivity contribution in [2.75, 3.05) is 6.61 Å². The molecule has 102 valence electrons. The summed E-state index contributed by atoms with van der Waals surface area (Å²) < 4.78 is 5.05. The number of fused-ring (bicyclic) bond motifs is 1. The fourth-order valence-corrected chi connectivity index (χ4v) is 2.35. The quantitative estimate of drug-likeness (QED) is 0.779. The van der Waals surface area contributed by atoms with Crippen LogP contribution < -0.4 is 0 Å². The molecule has 2 aromatic rings. The van der Waals surface area contributed by atoms with Crippen LogP contribution in [0.1, 0.15) is 18.9 Å². The number of esters is 1. The molecule has 0 aliphatic heterocycles. The molecule has 0 spiro atoms. The number of benzene rings is 2. The highest BCUT2D eigenvalue weighted by molar-refractivity contribution is 5.86. The van der Waals surface area contributed by atoms with Crippen molar-refractivity contribution in [3.8, 4) is 6.07 Å². The molecule has 0 saturated carbocycles. The lowest BCUT2D eigenvalue weighted by Crippen LogP contribution is -2.19. The number of rotatable bonds is 5. The zero-order valence-corrected chi connectivity index (χ0v) is 11.5. The smallest absolute Gasteiger partial charge is 0.310 e. The molecule has 2 aromatic carbocycles. The first-order chi connectivity index (χ1) is 9.76. The molecule has 0 aromatic heterocycles. The summed E-state index contributed by atoms with van der Waals surface area (Å²) in [5.41, 5.74) is 1.08. The van der Waals surface area contributed by atoms with Crippen molar-refractivity contribution in [3.05, 3.63) is 48.0 Å². The average molecular weight is 267 g/mol. The molecule has 0 aliphatic rings. The van der Waals surface area contributed by atoms with E-state index in [2.05, 4.69) is 6.07 Å². The lowest BCUT2D eigenvalue weighted by atomic mass is 9.93. The number of carbonyl (C=O) groups is 1. The Bertz CT molecular complexity index is 637. The van der Waals surface area contributed by atoms with E-state index in [1.807, 2.05) is 42.5 Å². The Morgan fingerprint density at radius 1 is 1.25 bits per heavy atom. The zero-order chi connectivity index (χ0) is 14.4. The van der Waals surface area contributed by atoms with Gasteiger partial charge in [-0.05, 0) is 29.7 Å². The van der Waals surface area contributed by atoms with E-state index in [4.69, 9.17) is 10.00 Å². The Hall–Kier alpha value is -2.34. The van der Waals surface area contributed by atoms with E-state index in [0.717, 1.165) is 16.3 Å². The summed E-state index contributed by atoms with van der Waals surface area (Å²) in [5.74, 6) is -0.687. The SMILES string of the molecule is CCOC(=O)[C@H](CC#N)Cc1cccc2ccccc12. The van der Waals surface area contributed by atoms with Gasteiger partial charge in [0.1, 0.15) is 0 Å². The third-order valence-corrected chi connectivity index (χ3v) is 3.30. The Morgan fingerprint density at radius 3 is 2.75 bits per heavy atom. The summed E-state index contributed by atoms with van der Waals surface area (Å²) in [6, 6.07) is 16.2. The number of nitriles is 1. The molecule has 2 rings (SSSR count). The normalized spacial score (nSPS) is 11.8. The fraction of sp³-hybridized carbons (Fsp3) is 0.294. The van der Waals surface area contributed by atoms with Gasteiger partial charge < -0.3 is 4.74 Å². The minimum atomic E-state index is -0.397. The van der Waals surface area contributed by atoms with E-state index < -0.39 is 5.92 Å². The van der Waals surface area contributed by atoms with Gasteiger partial charge in [0, 0.05) is 6.42 Å². The maximum Gasteiger partial charge on any atom is 0.310 e. The van der Waals surface area contributed by atoms with Crippen LogP contribution in [-0.2, 0) is 16.0 Å². The summed E-state index contributed by atoms with van der Waals surface area (Å²) in [6.45, 7) is 2.12. The number of nitrogens with zero attached hydrogens (tertiary/aromatic N) is 1. The zero-order valence-electron chi connectivity index (χ0n) is 11.5. The number of carbonyl (C=O) groups excluding carboxylic acids is 1. The maximum atomic E-state index is 11.9. The van der Waals surface area contributed by atoms with Crippen LogP contribution in [0, 0.1) is 17.2 Å². The second-order valence-corrected chi connectivity index (χ2v) is 4.65. The van der Waals surface area contributed by atoms with Crippen LogP contribution in [0.15, 0.2) is 42.5 Å². The van der Waals surface area contributed by atoms with E-state index in [1.165, 1.54) is 0 Å². The molecule has 0 aliphatic carbocycles. The fourth-order valence-electron chi connectivity index (χ4n) is 2.35. The summed E-state index contributed by atoms with van der Waals surface area (Å²) >= 11 is 0. The van der Waals surface area contributed by atoms with Gasteiger partial charge in [0.05, 0.1) is 18.6 Å². The van der Waals surface area contributed by atoms with Gasteiger partial charge in [0.15, 0.2) is 0 Å². The van der Waals surface area contributed by atoms with Crippen LogP contribution in [0.4, 0.5) is 0 Å². The van der Waals surface area contributed by atoms with Crippen molar-refractivity contribution in [2.24, 2.45) is 5.92 Å². The van der Waals surface area contributed by atoms with Gasteiger partial charge in [0.2, 0.25) is 0 Å². The first kappa shape index (κ1) is 14.1. The molecule has 0 bridgehead atoms. The van der Waals surface area contributed by atoms with Crippen molar-refractivity contribution in [3.63, 3.8) is 0 Å². The third-order valence-electron chi connectivity index (χ3n) is 3.30. The number of hydrogen-bond acceptors (Lipinski definition) is 3. The molecule has 20 heavy (non-hydrogen) atoms. The average Bonchev–Trinajstić information content (AvgIpc) is 2.47. The van der Waals surface area contributed by atoms with Crippen molar-refractivity contribution in [1.29, 1.82) is 5.26 Å². The van der Waals surface area contributed by atoms with Gasteiger partial charge in [-0.3, -0.25) is 4.79 Å². The molecule has 0 radical (unpaired) electrons. The van der Waals surface area contributed by atoms with Crippen LogP contribution in [0.25, 0.3) is 10.8 Å². The molecule has 3 heteroatoms. The topological polar surface area (TPSA) is 50.1 Å². The first-order valence-electron chi connectivity index (χ1n) is 6.76. The summed E-state index contributed by atoms with van der Waals surface area (Å²) in [5, 5.41) is 11.2. The minimum Gasteiger partial charge on any atom is -0.466 e. The van der Waals surface area contributed by atoms with Crippen molar-refractivity contribution >= 4 is 16.7 Å². The summed E-state index contributed by atoms with van der Waals surface area (Å²) in [7, 11) is 0. The highest BCUT2D eigenvalue weighted by Gasteiger charge is 2.20. The van der Waals surface area contributed by atoms with Gasteiger partial charge in [-0.25, -0.2) is 0 Å². The van der Waals surface area contributed by atoms with Crippen LogP contribution in [0.5, 0.6) is 0 Å². The highest BCUT2D eigenvalue weighted by atomic mass is 16.5. The Labute approximate surface area is 118 Å². The van der Waals surface area contributed by atoms with E-state index in [9.17, 15) is 4.79 Å². The third kappa shape index (κ3) is 3.16. The molecule has 0 fully saturated rings. The van der Waals surface area contributed by atoms with Crippen molar-refractivity contribution in [2.45, 2.75) is 19.8 Å². The van der Waals surface area contributed by atoms with Gasteiger partial charge in [-0.2, -0.15) is 5.26 Å². The lowest BCUT2D eigenvalue weighted by Gasteiger charge is -2.14. The van der Waals surface area contributed by atoms with Crippen LogP contribution in [0.2, 0.25) is 0 Å². The Kier molecular flexibility index (Phi) is 4.73. The molecule has 0 amide bonds. The largest absolute Gasteiger partial charge is 0.466 e. The van der Waals surface area contributed by atoms with Crippen LogP contribution in [-0.4, -0.2) is 12.6 Å². The second kappa shape index (κ2) is 6.72. The molecular weight excluding hydrogens is 250 g/mol. The summed E-state index contributed by atoms with van der Waals surface area (Å²) in [4.78, 5) is 11.9. The monoisotopic (exact) mass is 267 g/mol. The molecule has 0 N–H and O–H groups in total. The molecule has 0 unspecified atom stereocenters. The Morgan fingerprint density at radius 2 is 2.00 bits per heavy atom. The van der Waals surface area contributed by atoms with E-state index in [0.29, 0.717) is 13.0 Å². The van der Waals surface area contributed by atoms with Gasteiger partial charge in [0.25, 0.3) is 0 Å². The van der Waals surface area contributed by atoms with Gasteiger partial charge >= 0.3 is 5.97 Å². The van der Waals surface area contributed by atoms with E-state index in [-0.39, 0.29) is 12.4 Å². The predicted octanol–water partition coefficient (Wildman–Crippen LogP) is 3.48. The predicted molar refractivity (Wildman–Crippen MR) is 78.0 cm³/mol.